The van der Waals surface area contributed by atoms with Crippen molar-refractivity contribution in [3.8, 4) is 6.07 Å². The topological polar surface area (TPSA) is 64.9 Å². The Balaban J connectivity index is 2.01. The number of benzene rings is 1. The summed E-state index contributed by atoms with van der Waals surface area (Å²) in [6.07, 6.45) is 5.38. The average Bonchev–Trinajstić information content (AvgIpc) is 2.54. The number of hydrogen-bond donors (Lipinski definition) is 2. The zero-order valence-electron chi connectivity index (χ0n) is 12.6. The fraction of sp³-hybridized carbons (Fsp3) is 0.529. The lowest BCUT2D eigenvalue weighted by molar-refractivity contribution is -0.123. The maximum Gasteiger partial charge on any atom is 0.243 e. The summed E-state index contributed by atoms with van der Waals surface area (Å²) < 4.78 is 0. The van der Waals surface area contributed by atoms with Gasteiger partial charge in [0.1, 0.15) is 11.6 Å². The van der Waals surface area contributed by atoms with E-state index in [0.29, 0.717) is 6.42 Å². The smallest absolute Gasteiger partial charge is 0.243 e. The van der Waals surface area contributed by atoms with Gasteiger partial charge in [0, 0.05) is 5.69 Å². The van der Waals surface area contributed by atoms with E-state index in [1.54, 1.807) is 0 Å². The minimum absolute atomic E-state index is 0.0789. The van der Waals surface area contributed by atoms with E-state index in [2.05, 4.69) is 16.7 Å². The van der Waals surface area contributed by atoms with E-state index in [1.165, 1.54) is 0 Å². The van der Waals surface area contributed by atoms with Crippen molar-refractivity contribution in [1.82, 2.24) is 5.32 Å². The van der Waals surface area contributed by atoms with E-state index in [0.717, 1.165) is 37.8 Å². The highest BCUT2D eigenvalue weighted by Gasteiger charge is 2.35. The first-order valence-electron chi connectivity index (χ1n) is 7.74. The van der Waals surface area contributed by atoms with Crippen LogP contribution < -0.4 is 10.6 Å². The number of nitriles is 1. The molecule has 0 radical (unpaired) electrons. The Hall–Kier alpha value is -2.02. The van der Waals surface area contributed by atoms with Gasteiger partial charge in [-0.3, -0.25) is 4.79 Å². The van der Waals surface area contributed by atoms with Crippen molar-refractivity contribution in [2.45, 2.75) is 57.0 Å². The van der Waals surface area contributed by atoms with Crippen LogP contribution in [0.1, 0.15) is 45.4 Å². The van der Waals surface area contributed by atoms with E-state index >= 15 is 0 Å². The summed E-state index contributed by atoms with van der Waals surface area (Å²) in [5, 5.41) is 15.7. The molecule has 1 fully saturated rings. The molecule has 4 nitrogen and oxygen atoms in total. The second-order valence-corrected chi connectivity index (χ2v) is 5.72. The first kappa shape index (κ1) is 15.4. The van der Waals surface area contributed by atoms with E-state index < -0.39 is 5.54 Å². The third-order valence-electron chi connectivity index (χ3n) is 4.12. The highest BCUT2D eigenvalue weighted by Crippen LogP contribution is 2.27. The lowest BCUT2D eigenvalue weighted by atomic mass is 9.82. The Morgan fingerprint density at radius 2 is 1.95 bits per heavy atom. The summed E-state index contributed by atoms with van der Waals surface area (Å²) in [5.41, 5.74) is 0.260. The number of rotatable bonds is 5. The molecule has 1 saturated carbocycles. The van der Waals surface area contributed by atoms with Crippen LogP contribution in [0.3, 0.4) is 0 Å². The molecule has 0 spiro atoms. The summed E-state index contributed by atoms with van der Waals surface area (Å²) in [6.45, 7) is 1.97. The Morgan fingerprint density at radius 1 is 1.29 bits per heavy atom. The lowest BCUT2D eigenvalue weighted by Crippen LogP contribution is -2.53. The molecule has 0 saturated heterocycles. The number of hydrogen-bond acceptors (Lipinski definition) is 3. The number of nitrogens with zero attached hydrogens (tertiary/aromatic N) is 1. The molecule has 0 aromatic heterocycles. The Bertz CT molecular complexity index is 501. The van der Waals surface area contributed by atoms with Crippen LogP contribution in [0.5, 0.6) is 0 Å². The summed E-state index contributed by atoms with van der Waals surface area (Å²) in [4.78, 5) is 12.5. The molecule has 4 heteroatoms. The Labute approximate surface area is 126 Å². The maximum absolute atomic E-state index is 12.5. The van der Waals surface area contributed by atoms with Crippen molar-refractivity contribution in [3.05, 3.63) is 30.3 Å². The van der Waals surface area contributed by atoms with Crippen molar-refractivity contribution >= 4 is 11.6 Å². The third kappa shape index (κ3) is 3.98. The second kappa shape index (κ2) is 7.12. The maximum atomic E-state index is 12.5. The number of nitrogens with one attached hydrogen (secondary N) is 2. The highest BCUT2D eigenvalue weighted by molar-refractivity contribution is 5.85. The quantitative estimate of drug-likeness (QED) is 0.873. The molecule has 1 amide bonds. The minimum Gasteiger partial charge on any atom is -0.374 e. The van der Waals surface area contributed by atoms with Crippen molar-refractivity contribution in [3.63, 3.8) is 0 Å². The van der Waals surface area contributed by atoms with Crippen molar-refractivity contribution in [1.29, 1.82) is 5.26 Å². The molecule has 1 aliphatic rings. The van der Waals surface area contributed by atoms with Gasteiger partial charge in [0.2, 0.25) is 5.91 Å². The van der Waals surface area contributed by atoms with E-state index in [-0.39, 0.29) is 11.9 Å². The largest absolute Gasteiger partial charge is 0.374 e. The van der Waals surface area contributed by atoms with Crippen LogP contribution in [0.25, 0.3) is 0 Å². The molecule has 1 aliphatic carbocycles. The van der Waals surface area contributed by atoms with Gasteiger partial charge < -0.3 is 10.6 Å². The first-order chi connectivity index (χ1) is 10.2. The van der Waals surface area contributed by atoms with Gasteiger partial charge in [-0.05, 0) is 31.4 Å². The summed E-state index contributed by atoms with van der Waals surface area (Å²) in [6, 6.07) is 11.7. The lowest BCUT2D eigenvalue weighted by Gasteiger charge is -2.33. The number of anilines is 1. The molecule has 1 aromatic rings. The van der Waals surface area contributed by atoms with Crippen LogP contribution in [0.2, 0.25) is 0 Å². The Morgan fingerprint density at radius 3 is 2.52 bits per heavy atom. The highest BCUT2D eigenvalue weighted by atomic mass is 16.2. The van der Waals surface area contributed by atoms with Crippen LogP contribution in [0.15, 0.2) is 30.3 Å². The SMILES string of the molecule is CCC(Nc1ccccc1)C(=O)NC1(C#N)CCCCC1. The molecule has 0 aliphatic heterocycles. The molecular weight excluding hydrogens is 262 g/mol. The minimum atomic E-state index is -0.666. The molecule has 2 rings (SSSR count). The van der Waals surface area contributed by atoms with Crippen molar-refractivity contribution in [2.24, 2.45) is 0 Å². The normalized spacial score (nSPS) is 18.3. The van der Waals surface area contributed by atoms with Crippen molar-refractivity contribution < 1.29 is 4.79 Å². The van der Waals surface area contributed by atoms with Crippen LogP contribution in [-0.4, -0.2) is 17.5 Å². The summed E-state index contributed by atoms with van der Waals surface area (Å²) in [5.74, 6) is -0.0789. The van der Waals surface area contributed by atoms with Crippen LogP contribution in [0, 0.1) is 11.3 Å². The fourth-order valence-corrected chi connectivity index (χ4v) is 2.83. The zero-order valence-corrected chi connectivity index (χ0v) is 12.6. The van der Waals surface area contributed by atoms with Gasteiger partial charge in [-0.25, -0.2) is 0 Å². The van der Waals surface area contributed by atoms with Gasteiger partial charge in [0.15, 0.2) is 0 Å². The molecular formula is C17H23N3O. The molecule has 2 N–H and O–H groups in total. The molecule has 21 heavy (non-hydrogen) atoms. The van der Waals surface area contributed by atoms with E-state index in [9.17, 15) is 10.1 Å². The van der Waals surface area contributed by atoms with Gasteiger partial charge in [0.05, 0.1) is 6.07 Å². The molecule has 112 valence electrons. The first-order valence-corrected chi connectivity index (χ1v) is 7.74. The molecule has 0 bridgehead atoms. The van der Waals surface area contributed by atoms with Crippen molar-refractivity contribution in [2.75, 3.05) is 5.32 Å². The Kier molecular flexibility index (Phi) is 5.21. The van der Waals surface area contributed by atoms with Gasteiger partial charge in [-0.1, -0.05) is 44.4 Å². The van der Waals surface area contributed by atoms with Gasteiger partial charge in [0.25, 0.3) is 0 Å². The number of carbonyl (C=O) groups is 1. The zero-order chi connectivity index (χ0) is 15.1. The van der Waals surface area contributed by atoms with Gasteiger partial charge >= 0.3 is 0 Å². The summed E-state index contributed by atoms with van der Waals surface area (Å²) in [7, 11) is 0. The molecule has 1 unspecified atom stereocenters. The summed E-state index contributed by atoms with van der Waals surface area (Å²) >= 11 is 0. The number of para-hydroxylation sites is 1. The predicted molar refractivity (Wildman–Crippen MR) is 83.7 cm³/mol. The average molecular weight is 285 g/mol. The van der Waals surface area contributed by atoms with Crippen LogP contribution in [-0.2, 0) is 4.79 Å². The fourth-order valence-electron chi connectivity index (χ4n) is 2.83. The predicted octanol–water partition coefficient (Wildman–Crippen LogP) is 3.22. The monoisotopic (exact) mass is 285 g/mol. The second-order valence-electron chi connectivity index (χ2n) is 5.72. The van der Waals surface area contributed by atoms with Gasteiger partial charge in [-0.15, -0.1) is 0 Å². The van der Waals surface area contributed by atoms with E-state index in [1.807, 2.05) is 37.3 Å². The standard InChI is InChI=1S/C17H23N3O/c1-2-15(19-14-9-5-3-6-10-14)16(21)20-17(13-18)11-7-4-8-12-17/h3,5-6,9-10,15,19H,2,4,7-8,11-12H2,1H3,(H,20,21). The van der Waals surface area contributed by atoms with Crippen LogP contribution >= 0.6 is 0 Å². The van der Waals surface area contributed by atoms with E-state index in [4.69, 9.17) is 0 Å². The van der Waals surface area contributed by atoms with Gasteiger partial charge in [-0.2, -0.15) is 5.26 Å². The molecule has 1 atom stereocenters. The number of amides is 1. The third-order valence-corrected chi connectivity index (χ3v) is 4.12. The molecule has 1 aromatic carbocycles. The molecule has 0 heterocycles. The van der Waals surface area contributed by atoms with Crippen LogP contribution in [0.4, 0.5) is 5.69 Å². The number of carbonyl (C=O) groups excluding carboxylic acids is 1.